The average Bonchev–Trinajstić information content (AvgIpc) is 3.12. The maximum absolute atomic E-state index is 12.5. The molecule has 9 atom stereocenters. The third kappa shape index (κ3) is 4.42. The Morgan fingerprint density at radius 1 is 1.09 bits per heavy atom. The van der Waals surface area contributed by atoms with Crippen LogP contribution in [0.1, 0.15) is 114 Å². The second kappa shape index (κ2) is 10.4. The van der Waals surface area contributed by atoms with E-state index >= 15 is 0 Å². The highest BCUT2D eigenvalue weighted by molar-refractivity contribution is 5.48. The van der Waals surface area contributed by atoms with Crippen molar-refractivity contribution in [2.75, 3.05) is 0 Å². The van der Waals surface area contributed by atoms with Gasteiger partial charge in [-0.1, -0.05) is 41.5 Å². The molecule has 0 aliphatic heterocycles. The summed E-state index contributed by atoms with van der Waals surface area (Å²) < 4.78 is 0. The summed E-state index contributed by atoms with van der Waals surface area (Å²) in [6.07, 6.45) is 12.5. The van der Waals surface area contributed by atoms with Crippen LogP contribution in [0.5, 0.6) is 0 Å². The number of hydrogen-bond acceptors (Lipinski definition) is 4. The highest BCUT2D eigenvalue weighted by atomic mass is 16.3. The summed E-state index contributed by atoms with van der Waals surface area (Å²) in [4.78, 5) is 10.8. The summed E-state index contributed by atoms with van der Waals surface area (Å²) in [5.74, 6) is 1.34. The fourth-order valence-corrected chi connectivity index (χ4v) is 9.14. The molecule has 0 radical (unpaired) electrons. The molecule has 0 heterocycles. The standard InChI is InChI=1S/C27H44N2O2.C2H6.H2/c1-18(2)29-22-10-12-26(4)20(16-22)15-21(17-28)27(31)23-9-8-19(7-5-6-14-30)25(23,3)13-11-24(26)27;1-2;/h14,18-24,29,31H,5-13,15-16H2,1-4H3;1-2H3;1H. The van der Waals surface area contributed by atoms with Crippen LogP contribution in [-0.2, 0) is 4.79 Å². The number of carbonyl (C=O) groups excluding carboxylic acids is 1. The highest BCUT2D eigenvalue weighted by Crippen LogP contribution is 2.70. The zero-order valence-corrected chi connectivity index (χ0v) is 22.2. The number of hydrogen-bond donors (Lipinski definition) is 2. The molecule has 0 bridgehead atoms. The van der Waals surface area contributed by atoms with E-state index < -0.39 is 5.60 Å². The van der Waals surface area contributed by atoms with E-state index in [0.29, 0.717) is 30.3 Å². The molecular formula is C29H52N2O2. The summed E-state index contributed by atoms with van der Waals surface area (Å²) in [5, 5.41) is 26.5. The first-order valence-electron chi connectivity index (χ1n) is 14.0. The largest absolute Gasteiger partial charge is 0.388 e. The fraction of sp³-hybridized carbons (Fsp3) is 0.931. The maximum atomic E-state index is 12.5. The minimum absolute atomic E-state index is 0. The van der Waals surface area contributed by atoms with Crippen molar-refractivity contribution in [2.45, 2.75) is 130 Å². The summed E-state index contributed by atoms with van der Waals surface area (Å²) in [5.41, 5.74) is -0.582. The Morgan fingerprint density at radius 3 is 2.39 bits per heavy atom. The van der Waals surface area contributed by atoms with Crippen molar-refractivity contribution >= 4 is 6.29 Å². The molecule has 4 rings (SSSR count). The van der Waals surface area contributed by atoms with Crippen LogP contribution in [0.15, 0.2) is 0 Å². The van der Waals surface area contributed by atoms with E-state index in [4.69, 9.17) is 0 Å². The molecule has 4 aliphatic carbocycles. The Labute approximate surface area is 204 Å². The van der Waals surface area contributed by atoms with E-state index in [0.717, 1.165) is 51.2 Å². The SMILES string of the molecule is CC.CC(C)NC1CCC2(C)C(C1)CC(C#N)C1(O)C3CCC(CCCC=O)C3(C)CCC21.[HH]. The van der Waals surface area contributed by atoms with E-state index in [2.05, 4.69) is 39.1 Å². The normalized spacial score (nSPS) is 46.3. The lowest BCUT2D eigenvalue weighted by molar-refractivity contribution is -0.239. The monoisotopic (exact) mass is 460 g/mol. The van der Waals surface area contributed by atoms with Crippen LogP contribution >= 0.6 is 0 Å². The van der Waals surface area contributed by atoms with Crippen molar-refractivity contribution in [1.29, 1.82) is 5.26 Å². The molecule has 4 heteroatoms. The zero-order chi connectivity index (χ0) is 24.4. The first-order valence-corrected chi connectivity index (χ1v) is 14.0. The lowest BCUT2D eigenvalue weighted by Crippen LogP contribution is -2.67. The molecule has 33 heavy (non-hydrogen) atoms. The molecule has 0 aromatic heterocycles. The Balaban J connectivity index is 0.00000133. The molecule has 0 aromatic rings. The van der Waals surface area contributed by atoms with Gasteiger partial charge in [0.25, 0.3) is 0 Å². The second-order valence-corrected chi connectivity index (χ2v) is 12.3. The van der Waals surface area contributed by atoms with Gasteiger partial charge in [0.15, 0.2) is 0 Å². The summed E-state index contributed by atoms with van der Waals surface area (Å²) in [6.45, 7) is 13.3. The van der Waals surface area contributed by atoms with Gasteiger partial charge in [-0.25, -0.2) is 0 Å². The van der Waals surface area contributed by atoms with Gasteiger partial charge in [-0.15, -0.1) is 0 Å². The van der Waals surface area contributed by atoms with E-state index in [9.17, 15) is 15.2 Å². The van der Waals surface area contributed by atoms with Crippen LogP contribution in [-0.4, -0.2) is 29.1 Å². The van der Waals surface area contributed by atoms with E-state index in [1.54, 1.807) is 0 Å². The molecule has 190 valence electrons. The summed E-state index contributed by atoms with van der Waals surface area (Å²) in [6, 6.07) is 3.67. The van der Waals surface area contributed by atoms with E-state index in [1.165, 1.54) is 19.3 Å². The first-order chi connectivity index (χ1) is 15.7. The lowest BCUT2D eigenvalue weighted by atomic mass is 9.40. The van der Waals surface area contributed by atoms with Gasteiger partial charge in [0.05, 0.1) is 17.6 Å². The number of carbonyl (C=O) groups is 1. The Morgan fingerprint density at radius 2 is 1.76 bits per heavy atom. The van der Waals surface area contributed by atoms with Gasteiger partial charge in [0.1, 0.15) is 6.29 Å². The number of aldehydes is 1. The fourth-order valence-electron chi connectivity index (χ4n) is 9.14. The van der Waals surface area contributed by atoms with Crippen LogP contribution in [0.25, 0.3) is 0 Å². The van der Waals surface area contributed by atoms with Crippen LogP contribution < -0.4 is 5.32 Å². The molecule has 4 fully saturated rings. The highest BCUT2D eigenvalue weighted by Gasteiger charge is 2.69. The van der Waals surface area contributed by atoms with Gasteiger partial charge >= 0.3 is 0 Å². The van der Waals surface area contributed by atoms with Crippen molar-refractivity contribution in [3.05, 3.63) is 0 Å². The molecule has 9 unspecified atom stereocenters. The lowest BCUT2D eigenvalue weighted by Gasteiger charge is -2.66. The second-order valence-electron chi connectivity index (χ2n) is 12.3. The minimum Gasteiger partial charge on any atom is -0.388 e. The molecule has 0 aromatic carbocycles. The number of rotatable bonds is 6. The zero-order valence-electron chi connectivity index (χ0n) is 22.2. The van der Waals surface area contributed by atoms with Crippen molar-refractivity contribution in [3.63, 3.8) is 0 Å². The maximum Gasteiger partial charge on any atom is 0.119 e. The first kappa shape index (κ1) is 26.7. The molecule has 0 saturated heterocycles. The van der Waals surface area contributed by atoms with Crippen LogP contribution in [0.2, 0.25) is 0 Å². The Kier molecular flexibility index (Phi) is 8.38. The third-order valence-electron chi connectivity index (χ3n) is 10.6. The number of nitriles is 1. The van der Waals surface area contributed by atoms with E-state index in [1.807, 2.05) is 13.8 Å². The third-order valence-corrected chi connectivity index (χ3v) is 10.6. The number of unbranched alkanes of at least 4 members (excludes halogenated alkanes) is 1. The quantitative estimate of drug-likeness (QED) is 0.350. The number of fused-ring (bicyclic) bond motifs is 5. The predicted molar refractivity (Wildman–Crippen MR) is 137 cm³/mol. The number of nitrogens with one attached hydrogen (secondary N) is 1. The molecule has 0 spiro atoms. The molecule has 2 N–H and O–H groups in total. The summed E-state index contributed by atoms with van der Waals surface area (Å²) >= 11 is 0. The smallest absolute Gasteiger partial charge is 0.119 e. The average molecular weight is 461 g/mol. The Bertz CT molecular complexity index is 723. The molecule has 4 aliphatic rings. The van der Waals surface area contributed by atoms with Crippen LogP contribution in [0.4, 0.5) is 0 Å². The van der Waals surface area contributed by atoms with Gasteiger partial charge in [-0.2, -0.15) is 5.26 Å². The molecule has 0 amide bonds. The van der Waals surface area contributed by atoms with Crippen LogP contribution in [0, 0.1) is 51.8 Å². The van der Waals surface area contributed by atoms with Gasteiger partial charge in [0, 0.05) is 19.9 Å². The van der Waals surface area contributed by atoms with Gasteiger partial charge in [-0.3, -0.25) is 0 Å². The Hall–Kier alpha value is -0.920. The molecular weight excluding hydrogens is 408 g/mol. The van der Waals surface area contributed by atoms with Crippen LogP contribution in [0.3, 0.4) is 0 Å². The van der Waals surface area contributed by atoms with Crippen molar-refractivity contribution in [3.8, 4) is 6.07 Å². The van der Waals surface area contributed by atoms with Crippen molar-refractivity contribution in [2.24, 2.45) is 40.4 Å². The summed E-state index contributed by atoms with van der Waals surface area (Å²) in [7, 11) is 0. The number of nitrogens with zero attached hydrogens (tertiary/aromatic N) is 1. The van der Waals surface area contributed by atoms with Gasteiger partial charge in [0.2, 0.25) is 0 Å². The topological polar surface area (TPSA) is 73.1 Å². The van der Waals surface area contributed by atoms with Crippen molar-refractivity contribution < 1.29 is 11.3 Å². The molecule has 4 saturated carbocycles. The van der Waals surface area contributed by atoms with Gasteiger partial charge < -0.3 is 15.2 Å². The predicted octanol–water partition coefficient (Wildman–Crippen LogP) is 6.52. The van der Waals surface area contributed by atoms with E-state index in [-0.39, 0.29) is 30.0 Å². The molecule has 4 nitrogen and oxygen atoms in total. The van der Waals surface area contributed by atoms with Crippen molar-refractivity contribution in [1.82, 2.24) is 5.32 Å². The van der Waals surface area contributed by atoms with Gasteiger partial charge in [-0.05, 0) is 98.7 Å². The number of aliphatic hydroxyl groups is 1. The minimum atomic E-state index is -0.843.